The predicted octanol–water partition coefficient (Wildman–Crippen LogP) is 4.20. The molecule has 0 unspecified atom stereocenters. The second-order valence-electron chi connectivity index (χ2n) is 4.72. The Morgan fingerprint density at radius 3 is 2.70 bits per heavy atom. The maximum atomic E-state index is 14.0. The van der Waals surface area contributed by atoms with Gasteiger partial charge in [-0.05, 0) is 35.4 Å². The molecule has 0 fully saturated rings. The SMILES string of the molecule is O=[N+]1CC=C(c2ccccc2F)c2cc(Cl)ccc2C1. The van der Waals surface area contributed by atoms with Gasteiger partial charge in [0.1, 0.15) is 5.82 Å². The fraction of sp³-hybridized carbons (Fsp3) is 0.125. The van der Waals surface area contributed by atoms with Crippen LogP contribution in [-0.2, 0) is 6.54 Å². The zero-order valence-corrected chi connectivity index (χ0v) is 11.4. The Hall–Kier alpha value is -2.00. The first kappa shape index (κ1) is 13.0. The maximum Gasteiger partial charge on any atom is 0.218 e. The van der Waals surface area contributed by atoms with E-state index in [9.17, 15) is 9.30 Å². The van der Waals surface area contributed by atoms with Gasteiger partial charge in [0, 0.05) is 25.8 Å². The summed E-state index contributed by atoms with van der Waals surface area (Å²) < 4.78 is 15.0. The van der Waals surface area contributed by atoms with Gasteiger partial charge in [0.15, 0.2) is 0 Å². The van der Waals surface area contributed by atoms with E-state index in [1.54, 1.807) is 36.4 Å². The van der Waals surface area contributed by atoms with Gasteiger partial charge in [0.05, 0.1) is 0 Å². The summed E-state index contributed by atoms with van der Waals surface area (Å²) in [5.74, 6) is -0.302. The summed E-state index contributed by atoms with van der Waals surface area (Å²) in [6.45, 7) is 0.511. The second kappa shape index (κ2) is 5.17. The highest BCUT2D eigenvalue weighted by atomic mass is 35.5. The number of nitroso groups, excluding NO2 is 1. The Kier molecular flexibility index (Phi) is 3.36. The van der Waals surface area contributed by atoms with E-state index in [-0.39, 0.29) is 18.9 Å². The van der Waals surface area contributed by atoms with E-state index in [4.69, 9.17) is 11.6 Å². The molecule has 0 spiro atoms. The molecule has 0 aromatic heterocycles. The molecule has 0 amide bonds. The van der Waals surface area contributed by atoms with Crippen molar-refractivity contribution in [3.8, 4) is 0 Å². The number of rotatable bonds is 1. The minimum absolute atomic E-state index is 0.232. The largest absolute Gasteiger partial charge is 0.218 e. The zero-order valence-electron chi connectivity index (χ0n) is 10.6. The molecule has 3 rings (SSSR count). The molecule has 0 saturated heterocycles. The molecule has 1 heterocycles. The maximum absolute atomic E-state index is 14.0. The predicted molar refractivity (Wildman–Crippen MR) is 77.1 cm³/mol. The van der Waals surface area contributed by atoms with E-state index in [1.165, 1.54) is 6.07 Å². The van der Waals surface area contributed by atoms with E-state index in [0.29, 0.717) is 10.6 Å². The molecule has 2 aromatic carbocycles. The van der Waals surface area contributed by atoms with Crippen LogP contribution in [0.3, 0.4) is 0 Å². The van der Waals surface area contributed by atoms with Gasteiger partial charge in [0.2, 0.25) is 13.1 Å². The fourth-order valence-corrected chi connectivity index (χ4v) is 2.60. The van der Waals surface area contributed by atoms with Crippen LogP contribution < -0.4 is 0 Å². The van der Waals surface area contributed by atoms with Crippen LogP contribution in [0.4, 0.5) is 4.39 Å². The number of hydrogen-bond donors (Lipinski definition) is 0. The molecule has 20 heavy (non-hydrogen) atoms. The van der Waals surface area contributed by atoms with Crippen LogP contribution in [0.25, 0.3) is 5.57 Å². The minimum atomic E-state index is -0.302. The van der Waals surface area contributed by atoms with E-state index in [0.717, 1.165) is 21.5 Å². The Bertz CT molecular complexity index is 724. The lowest BCUT2D eigenvalue weighted by molar-refractivity contribution is -0.554. The van der Waals surface area contributed by atoms with E-state index in [2.05, 4.69) is 0 Å². The van der Waals surface area contributed by atoms with Crippen molar-refractivity contribution in [1.82, 2.24) is 0 Å². The highest BCUT2D eigenvalue weighted by Gasteiger charge is 2.22. The number of halogens is 2. The van der Waals surface area contributed by atoms with E-state index >= 15 is 0 Å². The molecule has 0 N–H and O–H groups in total. The van der Waals surface area contributed by atoms with Crippen molar-refractivity contribution < 1.29 is 9.15 Å². The second-order valence-corrected chi connectivity index (χ2v) is 5.16. The van der Waals surface area contributed by atoms with Gasteiger partial charge in [-0.3, -0.25) is 0 Å². The van der Waals surface area contributed by atoms with Crippen LogP contribution >= 0.6 is 11.6 Å². The van der Waals surface area contributed by atoms with Gasteiger partial charge < -0.3 is 0 Å². The molecule has 4 heteroatoms. The van der Waals surface area contributed by atoms with Gasteiger partial charge in [-0.15, -0.1) is 0 Å². The van der Waals surface area contributed by atoms with Crippen molar-refractivity contribution >= 4 is 17.2 Å². The Labute approximate surface area is 121 Å². The molecule has 100 valence electrons. The Balaban J connectivity index is 2.23. The van der Waals surface area contributed by atoms with Gasteiger partial charge in [0.25, 0.3) is 0 Å². The summed E-state index contributed by atoms with van der Waals surface area (Å²) in [4.78, 5) is 11.7. The lowest BCUT2D eigenvalue weighted by Gasteiger charge is -2.10. The van der Waals surface area contributed by atoms with Crippen molar-refractivity contribution in [2.24, 2.45) is 0 Å². The summed E-state index contributed by atoms with van der Waals surface area (Å²) in [5.41, 5.74) is 2.89. The first-order chi connectivity index (χ1) is 9.65. The third kappa shape index (κ3) is 2.37. The smallest absolute Gasteiger partial charge is 0.206 e. The summed E-state index contributed by atoms with van der Waals surface area (Å²) >= 11 is 6.05. The van der Waals surface area contributed by atoms with Crippen LogP contribution in [0.1, 0.15) is 16.7 Å². The first-order valence-electron chi connectivity index (χ1n) is 6.31. The molecule has 2 aromatic rings. The topological polar surface area (TPSA) is 20.1 Å². The van der Waals surface area contributed by atoms with Gasteiger partial charge in [-0.25, -0.2) is 4.39 Å². The van der Waals surface area contributed by atoms with Crippen LogP contribution in [0.15, 0.2) is 48.5 Å². The highest BCUT2D eigenvalue weighted by Crippen LogP contribution is 2.32. The van der Waals surface area contributed by atoms with Crippen LogP contribution in [0.2, 0.25) is 5.02 Å². The standard InChI is InChI=1S/C16H12ClFNO/c17-12-6-5-11-10-19(20)8-7-13(15(11)9-12)14-3-1-2-4-16(14)18/h1-7,9H,8,10H2/q+1. The number of fused-ring (bicyclic) bond motifs is 1. The highest BCUT2D eigenvalue weighted by molar-refractivity contribution is 6.30. The van der Waals surface area contributed by atoms with Crippen molar-refractivity contribution in [2.45, 2.75) is 6.54 Å². The van der Waals surface area contributed by atoms with Gasteiger partial charge in [-0.1, -0.05) is 35.9 Å². The number of benzene rings is 2. The normalized spacial score (nSPS) is 14.5. The van der Waals surface area contributed by atoms with Crippen molar-refractivity contribution in [3.63, 3.8) is 0 Å². The Morgan fingerprint density at radius 1 is 1.10 bits per heavy atom. The van der Waals surface area contributed by atoms with Gasteiger partial charge in [-0.2, -0.15) is 0 Å². The van der Waals surface area contributed by atoms with Crippen molar-refractivity contribution in [1.29, 1.82) is 0 Å². The summed E-state index contributed by atoms with van der Waals surface area (Å²) in [7, 11) is 0. The first-order valence-corrected chi connectivity index (χ1v) is 6.69. The van der Waals surface area contributed by atoms with E-state index < -0.39 is 0 Å². The Morgan fingerprint density at radius 2 is 1.90 bits per heavy atom. The van der Waals surface area contributed by atoms with Crippen molar-refractivity contribution in [2.75, 3.05) is 6.54 Å². The minimum Gasteiger partial charge on any atom is -0.206 e. The molecule has 0 radical (unpaired) electrons. The average molecular weight is 289 g/mol. The quantitative estimate of drug-likeness (QED) is 0.720. The number of hydrogen-bond acceptors (Lipinski definition) is 1. The zero-order chi connectivity index (χ0) is 14.1. The monoisotopic (exact) mass is 288 g/mol. The summed E-state index contributed by atoms with van der Waals surface area (Å²) in [6, 6.07) is 11.9. The molecule has 0 aliphatic carbocycles. The summed E-state index contributed by atoms with van der Waals surface area (Å²) in [5, 5.41) is 0.574. The molecule has 1 aliphatic heterocycles. The molecular weight excluding hydrogens is 277 g/mol. The lowest BCUT2D eigenvalue weighted by atomic mass is 9.94. The average Bonchev–Trinajstić information content (AvgIpc) is 2.58. The van der Waals surface area contributed by atoms with Crippen LogP contribution in [-0.4, -0.2) is 11.3 Å². The molecule has 0 bridgehead atoms. The number of nitrogens with zero attached hydrogens (tertiary/aromatic N) is 1. The van der Waals surface area contributed by atoms with Gasteiger partial charge >= 0.3 is 0 Å². The lowest BCUT2D eigenvalue weighted by Crippen LogP contribution is -2.06. The van der Waals surface area contributed by atoms with E-state index in [1.807, 2.05) is 6.07 Å². The van der Waals surface area contributed by atoms with Crippen LogP contribution in [0.5, 0.6) is 0 Å². The molecular formula is C16H12ClFNO+. The molecule has 2 nitrogen and oxygen atoms in total. The molecule has 1 aliphatic rings. The third-order valence-corrected chi connectivity index (χ3v) is 3.61. The van der Waals surface area contributed by atoms with Crippen LogP contribution in [0, 0.1) is 10.7 Å². The fourth-order valence-electron chi connectivity index (χ4n) is 2.43. The summed E-state index contributed by atoms with van der Waals surface area (Å²) in [6.07, 6.45) is 1.76. The molecule has 0 atom stereocenters. The third-order valence-electron chi connectivity index (χ3n) is 3.37. The van der Waals surface area contributed by atoms with Crippen molar-refractivity contribution in [3.05, 3.63) is 81.0 Å². The molecule has 0 saturated carbocycles.